The first kappa shape index (κ1) is 15.9. The number of allylic oxidation sites excluding steroid dienone is 10. The molecule has 1 N–H and O–H groups in total. The summed E-state index contributed by atoms with van der Waals surface area (Å²) in [5, 5.41) is 2.67. The highest BCUT2D eigenvalue weighted by Crippen LogP contribution is 2.54. The molecule has 2 heterocycles. The van der Waals surface area contributed by atoms with Crippen molar-refractivity contribution < 1.29 is 0 Å². The summed E-state index contributed by atoms with van der Waals surface area (Å²) < 4.78 is 0. The van der Waals surface area contributed by atoms with Crippen LogP contribution in [0.15, 0.2) is 112 Å². The van der Waals surface area contributed by atoms with E-state index in [-0.39, 0.29) is 0 Å². The fourth-order valence-corrected chi connectivity index (χ4v) is 6.20. The van der Waals surface area contributed by atoms with Gasteiger partial charge in [-0.1, -0.05) is 72.9 Å². The first-order chi connectivity index (χ1) is 15.4. The van der Waals surface area contributed by atoms with Crippen molar-refractivity contribution >= 4 is 23.1 Å². The molecule has 0 amide bonds. The maximum absolute atomic E-state index is 4.88. The topological polar surface area (TPSA) is 28.1 Å². The van der Waals surface area contributed by atoms with Gasteiger partial charge in [-0.25, -0.2) is 0 Å². The quantitative estimate of drug-likeness (QED) is 0.369. The molecule has 1 aromatic heterocycles. The predicted octanol–water partition coefficient (Wildman–Crippen LogP) is 6.78. The van der Waals surface area contributed by atoms with Gasteiger partial charge in [0.05, 0.1) is 5.70 Å². The van der Waals surface area contributed by atoms with E-state index in [1.165, 1.54) is 55.3 Å². The Labute approximate surface area is 180 Å². The van der Waals surface area contributed by atoms with Crippen LogP contribution in [0.5, 0.6) is 0 Å². The molecular formula is C29H18N2. The van der Waals surface area contributed by atoms with Crippen molar-refractivity contribution in [3.8, 4) is 22.3 Å². The molecule has 0 saturated heterocycles. The molecule has 1 aliphatic heterocycles. The van der Waals surface area contributed by atoms with Gasteiger partial charge in [0, 0.05) is 46.6 Å². The Bertz CT molecular complexity index is 1570. The van der Waals surface area contributed by atoms with Crippen LogP contribution in [0.1, 0.15) is 5.69 Å². The molecule has 0 spiro atoms. The number of aromatic nitrogens is 1. The molecule has 0 saturated carbocycles. The van der Waals surface area contributed by atoms with Crippen molar-refractivity contribution in [2.24, 2.45) is 16.8 Å². The van der Waals surface area contributed by atoms with E-state index in [0.717, 1.165) is 11.4 Å². The molecule has 31 heavy (non-hydrogen) atoms. The molecule has 2 atom stereocenters. The van der Waals surface area contributed by atoms with Crippen LogP contribution in [0.4, 0.5) is 0 Å². The molecule has 0 radical (unpaired) electrons. The summed E-state index contributed by atoms with van der Waals surface area (Å²) in [6.45, 7) is 0. The van der Waals surface area contributed by atoms with Crippen LogP contribution in [0, 0.1) is 11.8 Å². The lowest BCUT2D eigenvalue weighted by atomic mass is 9.77. The van der Waals surface area contributed by atoms with E-state index < -0.39 is 0 Å². The molecule has 2 heteroatoms. The van der Waals surface area contributed by atoms with Gasteiger partial charge in [0.25, 0.3) is 0 Å². The summed E-state index contributed by atoms with van der Waals surface area (Å²) in [4.78, 5) is 8.44. The Morgan fingerprint density at radius 3 is 2.77 bits per heavy atom. The largest absolute Gasteiger partial charge is 0.360 e. The minimum Gasteiger partial charge on any atom is -0.360 e. The zero-order valence-electron chi connectivity index (χ0n) is 16.8. The third-order valence-corrected chi connectivity index (χ3v) is 7.42. The number of hydrogen-bond acceptors (Lipinski definition) is 1. The fourth-order valence-electron chi connectivity index (χ4n) is 6.20. The maximum Gasteiger partial charge on any atom is 0.0695 e. The first-order valence-electron chi connectivity index (χ1n) is 10.9. The molecule has 2 unspecified atom stereocenters. The number of H-pyrrole nitrogens is 1. The fraction of sp³-hybridized carbons (Fsp3) is 0.0690. The molecule has 5 aliphatic rings. The van der Waals surface area contributed by atoms with Crippen LogP contribution < -0.4 is 0 Å². The number of fused-ring (bicyclic) bond motifs is 5. The highest BCUT2D eigenvalue weighted by molar-refractivity contribution is 6.16. The van der Waals surface area contributed by atoms with Crippen LogP contribution in [-0.2, 0) is 0 Å². The van der Waals surface area contributed by atoms with E-state index in [9.17, 15) is 0 Å². The standard InChI is InChI=1S/C29H18N2/c1-5-16-7-3-11-20-26(16)18(9-1)22-14-30-24(28(20)22)13-25-29-21-12-4-8-17-6-2-10-19(27(17)21)23(29)15-31-25/h1-15,20,26,31H/b24-13-. The number of rotatable bonds is 1. The van der Waals surface area contributed by atoms with Crippen LogP contribution in [0.25, 0.3) is 39.1 Å². The molecule has 8 rings (SSSR count). The van der Waals surface area contributed by atoms with Crippen LogP contribution >= 0.6 is 0 Å². The van der Waals surface area contributed by atoms with Gasteiger partial charge in [-0.3, -0.25) is 4.99 Å². The second kappa shape index (κ2) is 5.41. The van der Waals surface area contributed by atoms with Crippen molar-refractivity contribution in [1.82, 2.24) is 4.98 Å². The third-order valence-electron chi connectivity index (χ3n) is 7.42. The van der Waals surface area contributed by atoms with E-state index in [0.29, 0.717) is 11.8 Å². The van der Waals surface area contributed by atoms with E-state index in [2.05, 4.69) is 96.3 Å². The molecule has 3 aromatic rings. The number of benzene rings is 2. The number of aromatic amines is 1. The average molecular weight is 394 g/mol. The molecule has 2 nitrogen and oxygen atoms in total. The Balaban J connectivity index is 1.31. The minimum absolute atomic E-state index is 0.378. The second-order valence-electron chi connectivity index (χ2n) is 8.85. The predicted molar refractivity (Wildman–Crippen MR) is 128 cm³/mol. The second-order valence-corrected chi connectivity index (χ2v) is 8.85. The monoisotopic (exact) mass is 394 g/mol. The van der Waals surface area contributed by atoms with Crippen LogP contribution in [-0.4, -0.2) is 11.2 Å². The Hall–Kier alpha value is -3.91. The Morgan fingerprint density at radius 1 is 0.935 bits per heavy atom. The summed E-state index contributed by atoms with van der Waals surface area (Å²) in [5.74, 6) is 0.825. The van der Waals surface area contributed by atoms with Gasteiger partial charge in [0.15, 0.2) is 0 Å². The SMILES string of the molecule is C1=CC2=CC=CC3C4=C(C=N/C4=C\c4[nH]cc5c4-c4cccc6cccc-5c46)C(=C1)C23. The molecule has 0 fully saturated rings. The normalized spacial score (nSPS) is 24.7. The van der Waals surface area contributed by atoms with Gasteiger partial charge >= 0.3 is 0 Å². The lowest BCUT2D eigenvalue weighted by molar-refractivity contribution is 0.623. The Kier molecular flexibility index (Phi) is 2.77. The summed E-state index contributed by atoms with van der Waals surface area (Å²) in [7, 11) is 0. The van der Waals surface area contributed by atoms with Gasteiger partial charge in [0.2, 0.25) is 0 Å². The number of nitrogens with zero attached hydrogens (tertiary/aromatic N) is 1. The van der Waals surface area contributed by atoms with Gasteiger partial charge in [-0.05, 0) is 44.7 Å². The lowest BCUT2D eigenvalue weighted by Crippen LogP contribution is -2.17. The van der Waals surface area contributed by atoms with Crippen molar-refractivity contribution in [3.05, 3.63) is 113 Å². The van der Waals surface area contributed by atoms with E-state index in [4.69, 9.17) is 4.99 Å². The molecule has 2 aromatic carbocycles. The molecule has 144 valence electrons. The van der Waals surface area contributed by atoms with Crippen LogP contribution in [0.3, 0.4) is 0 Å². The molecular weight excluding hydrogens is 376 g/mol. The average Bonchev–Trinajstić information content (AvgIpc) is 3.55. The zero-order chi connectivity index (χ0) is 20.1. The number of aliphatic imine (C=N–C) groups is 1. The summed E-state index contributed by atoms with van der Waals surface area (Å²) in [6, 6.07) is 13.2. The lowest BCUT2D eigenvalue weighted by Gasteiger charge is -2.27. The zero-order valence-corrected chi connectivity index (χ0v) is 16.8. The third kappa shape index (κ3) is 1.87. The van der Waals surface area contributed by atoms with Gasteiger partial charge < -0.3 is 4.98 Å². The minimum atomic E-state index is 0.378. The van der Waals surface area contributed by atoms with E-state index in [1.54, 1.807) is 0 Å². The van der Waals surface area contributed by atoms with E-state index in [1.807, 2.05) is 0 Å². The molecule has 4 aliphatic carbocycles. The summed E-state index contributed by atoms with van der Waals surface area (Å²) >= 11 is 0. The van der Waals surface area contributed by atoms with E-state index >= 15 is 0 Å². The van der Waals surface area contributed by atoms with Gasteiger partial charge in [0.1, 0.15) is 0 Å². The van der Waals surface area contributed by atoms with Crippen molar-refractivity contribution in [1.29, 1.82) is 0 Å². The van der Waals surface area contributed by atoms with Crippen molar-refractivity contribution in [3.63, 3.8) is 0 Å². The smallest absolute Gasteiger partial charge is 0.0695 e. The first-order valence-corrected chi connectivity index (χ1v) is 10.9. The number of nitrogens with one attached hydrogen (secondary N) is 1. The van der Waals surface area contributed by atoms with Gasteiger partial charge in [-0.15, -0.1) is 0 Å². The highest BCUT2D eigenvalue weighted by atomic mass is 14.8. The van der Waals surface area contributed by atoms with Gasteiger partial charge in [-0.2, -0.15) is 0 Å². The Morgan fingerprint density at radius 2 is 1.84 bits per heavy atom. The van der Waals surface area contributed by atoms with Crippen LogP contribution in [0.2, 0.25) is 0 Å². The number of hydrogen-bond donors (Lipinski definition) is 1. The van der Waals surface area contributed by atoms with Crippen molar-refractivity contribution in [2.45, 2.75) is 0 Å². The highest BCUT2D eigenvalue weighted by Gasteiger charge is 2.43. The maximum atomic E-state index is 4.88. The van der Waals surface area contributed by atoms with Crippen molar-refractivity contribution in [2.75, 3.05) is 0 Å². The summed E-state index contributed by atoms with van der Waals surface area (Å²) in [6.07, 6.45) is 20.0. The summed E-state index contributed by atoms with van der Waals surface area (Å²) in [5.41, 5.74) is 13.0. The molecule has 0 bridgehead atoms.